The number of benzene rings is 1. The van der Waals surface area contributed by atoms with E-state index in [0.717, 1.165) is 17.4 Å². The summed E-state index contributed by atoms with van der Waals surface area (Å²) in [5, 5.41) is 4.47. The van der Waals surface area contributed by atoms with E-state index in [1.165, 1.54) is 18.6 Å². The van der Waals surface area contributed by atoms with Crippen molar-refractivity contribution in [1.29, 1.82) is 0 Å². The Hall–Kier alpha value is -1.62. The van der Waals surface area contributed by atoms with E-state index >= 15 is 0 Å². The third-order valence-corrected chi connectivity index (χ3v) is 4.86. The van der Waals surface area contributed by atoms with Gasteiger partial charge in [0.05, 0.1) is 5.56 Å². The van der Waals surface area contributed by atoms with Crippen molar-refractivity contribution in [3.8, 4) is 0 Å². The summed E-state index contributed by atoms with van der Waals surface area (Å²) in [6.45, 7) is 0.749. The van der Waals surface area contributed by atoms with Gasteiger partial charge >= 0.3 is 0 Å². The van der Waals surface area contributed by atoms with E-state index < -0.39 is 0 Å². The van der Waals surface area contributed by atoms with E-state index in [0.29, 0.717) is 16.5 Å². The fourth-order valence-corrected chi connectivity index (χ4v) is 3.63. The number of anilines is 1. The molecule has 0 spiro atoms. The molecule has 1 aromatic heterocycles. The zero-order valence-corrected chi connectivity index (χ0v) is 11.4. The van der Waals surface area contributed by atoms with Gasteiger partial charge in [-0.05, 0) is 36.8 Å². The Balaban J connectivity index is 1.75. The van der Waals surface area contributed by atoms with Crippen molar-refractivity contribution in [1.82, 2.24) is 10.3 Å². The van der Waals surface area contributed by atoms with Crippen LogP contribution in [-0.4, -0.2) is 28.4 Å². The van der Waals surface area contributed by atoms with Crippen molar-refractivity contribution in [2.45, 2.75) is 18.1 Å². The van der Waals surface area contributed by atoms with Gasteiger partial charge in [-0.1, -0.05) is 0 Å². The second kappa shape index (κ2) is 5.17. The number of carbonyl (C=O) groups excluding carboxylic acids is 1. The monoisotopic (exact) mass is 275 g/mol. The van der Waals surface area contributed by atoms with Crippen LogP contribution in [0.4, 0.5) is 5.69 Å². The van der Waals surface area contributed by atoms with E-state index in [9.17, 15) is 4.79 Å². The van der Waals surface area contributed by atoms with E-state index in [2.05, 4.69) is 10.3 Å². The van der Waals surface area contributed by atoms with Gasteiger partial charge in [-0.3, -0.25) is 4.79 Å². The largest absolute Gasteiger partial charge is 0.399 e. The molecule has 1 amide bonds. The third-order valence-electron chi connectivity index (χ3n) is 3.46. The lowest BCUT2D eigenvalue weighted by atomic mass is 10.1. The summed E-state index contributed by atoms with van der Waals surface area (Å²) in [6, 6.07) is 5.56. The first-order chi connectivity index (χ1) is 9.24. The quantitative estimate of drug-likeness (QED) is 0.753. The normalized spacial score (nSPS) is 18.8. The van der Waals surface area contributed by atoms with E-state index in [1.807, 2.05) is 30.0 Å². The van der Waals surface area contributed by atoms with Gasteiger partial charge in [0.1, 0.15) is 0 Å². The van der Waals surface area contributed by atoms with Crippen molar-refractivity contribution in [3.63, 3.8) is 0 Å². The Morgan fingerprint density at radius 2 is 2.42 bits per heavy atom. The number of aromatic amines is 1. The molecule has 2 heterocycles. The van der Waals surface area contributed by atoms with E-state index in [-0.39, 0.29) is 5.91 Å². The Bertz CT molecular complexity index is 602. The molecule has 1 atom stereocenters. The number of fused-ring (bicyclic) bond motifs is 1. The standard InChI is InChI=1S/C14H17N3OS/c15-9-3-4-13-11(6-9)12(8-16-13)14(18)17-7-10-2-1-5-19-10/h3-4,6,8,10,16H,1-2,5,7,15H2,(H,17,18). The number of thioether (sulfide) groups is 1. The molecule has 5 heteroatoms. The first-order valence-electron chi connectivity index (χ1n) is 6.50. The second-order valence-electron chi connectivity index (χ2n) is 4.85. The molecule has 0 aliphatic carbocycles. The van der Waals surface area contributed by atoms with Crippen LogP contribution in [0.1, 0.15) is 23.2 Å². The van der Waals surface area contributed by atoms with Gasteiger partial charge in [-0.15, -0.1) is 0 Å². The predicted molar refractivity (Wildman–Crippen MR) is 80.5 cm³/mol. The Labute approximate surface area is 116 Å². The molecule has 1 aliphatic rings. The molecular formula is C14H17N3OS. The topological polar surface area (TPSA) is 70.9 Å². The van der Waals surface area contributed by atoms with Crippen LogP contribution in [-0.2, 0) is 0 Å². The number of aromatic nitrogens is 1. The molecule has 0 saturated carbocycles. The summed E-state index contributed by atoms with van der Waals surface area (Å²) in [6.07, 6.45) is 4.21. The molecule has 1 aliphatic heterocycles. The molecule has 100 valence electrons. The van der Waals surface area contributed by atoms with Crippen LogP contribution in [0.3, 0.4) is 0 Å². The molecule has 1 saturated heterocycles. The van der Waals surface area contributed by atoms with Crippen LogP contribution in [0, 0.1) is 0 Å². The molecule has 3 rings (SSSR count). The molecule has 1 unspecified atom stereocenters. The summed E-state index contributed by atoms with van der Waals surface area (Å²) in [5.41, 5.74) is 8.06. The van der Waals surface area contributed by atoms with Crippen molar-refractivity contribution < 1.29 is 4.79 Å². The Morgan fingerprint density at radius 1 is 1.53 bits per heavy atom. The zero-order chi connectivity index (χ0) is 13.2. The highest BCUT2D eigenvalue weighted by Crippen LogP contribution is 2.25. The Morgan fingerprint density at radius 3 is 3.21 bits per heavy atom. The van der Waals surface area contributed by atoms with Gasteiger partial charge in [0.25, 0.3) is 5.91 Å². The molecule has 2 aromatic rings. The number of nitrogen functional groups attached to an aromatic ring is 1. The molecule has 19 heavy (non-hydrogen) atoms. The average molecular weight is 275 g/mol. The first-order valence-corrected chi connectivity index (χ1v) is 7.55. The molecular weight excluding hydrogens is 258 g/mol. The van der Waals surface area contributed by atoms with Gasteiger partial charge < -0.3 is 16.0 Å². The lowest BCUT2D eigenvalue weighted by Gasteiger charge is -2.09. The number of rotatable bonds is 3. The number of amides is 1. The number of nitrogens with one attached hydrogen (secondary N) is 2. The zero-order valence-electron chi connectivity index (χ0n) is 10.6. The van der Waals surface area contributed by atoms with Gasteiger partial charge in [-0.25, -0.2) is 0 Å². The van der Waals surface area contributed by atoms with Gasteiger partial charge in [0.15, 0.2) is 0 Å². The molecule has 1 fully saturated rings. The van der Waals surface area contributed by atoms with Crippen LogP contribution >= 0.6 is 11.8 Å². The average Bonchev–Trinajstić information content (AvgIpc) is 3.04. The Kier molecular flexibility index (Phi) is 3.38. The van der Waals surface area contributed by atoms with Crippen molar-refractivity contribution in [2.24, 2.45) is 0 Å². The number of H-pyrrole nitrogens is 1. The number of hydrogen-bond acceptors (Lipinski definition) is 3. The minimum Gasteiger partial charge on any atom is -0.399 e. The molecule has 0 radical (unpaired) electrons. The van der Waals surface area contributed by atoms with Crippen molar-refractivity contribution in [2.75, 3.05) is 18.0 Å². The lowest BCUT2D eigenvalue weighted by molar-refractivity contribution is 0.0955. The first kappa shape index (κ1) is 12.4. The van der Waals surface area contributed by atoms with E-state index in [1.54, 1.807) is 6.20 Å². The van der Waals surface area contributed by atoms with Gasteiger partial charge in [0, 0.05) is 34.6 Å². The summed E-state index contributed by atoms with van der Waals surface area (Å²) in [7, 11) is 0. The maximum Gasteiger partial charge on any atom is 0.253 e. The minimum atomic E-state index is -0.0237. The van der Waals surface area contributed by atoms with Gasteiger partial charge in [0.2, 0.25) is 0 Å². The fourth-order valence-electron chi connectivity index (χ4n) is 2.43. The maximum absolute atomic E-state index is 12.2. The lowest BCUT2D eigenvalue weighted by Crippen LogP contribution is -2.29. The summed E-state index contributed by atoms with van der Waals surface area (Å²) in [4.78, 5) is 15.3. The van der Waals surface area contributed by atoms with Gasteiger partial charge in [-0.2, -0.15) is 11.8 Å². The van der Waals surface area contributed by atoms with Crippen LogP contribution in [0.15, 0.2) is 24.4 Å². The van der Waals surface area contributed by atoms with Crippen LogP contribution in [0.5, 0.6) is 0 Å². The summed E-state index contributed by atoms with van der Waals surface area (Å²) < 4.78 is 0. The predicted octanol–water partition coefficient (Wildman–Crippen LogP) is 2.38. The number of nitrogens with two attached hydrogens (primary N) is 1. The third kappa shape index (κ3) is 2.56. The summed E-state index contributed by atoms with van der Waals surface area (Å²) >= 11 is 1.95. The molecule has 1 aromatic carbocycles. The molecule has 0 bridgehead atoms. The summed E-state index contributed by atoms with van der Waals surface area (Å²) in [5.74, 6) is 1.19. The smallest absolute Gasteiger partial charge is 0.253 e. The van der Waals surface area contributed by atoms with Crippen LogP contribution < -0.4 is 11.1 Å². The SMILES string of the molecule is Nc1ccc2[nH]cc(C(=O)NCC3CCCS3)c2c1. The van der Waals surface area contributed by atoms with Crippen molar-refractivity contribution in [3.05, 3.63) is 30.0 Å². The van der Waals surface area contributed by atoms with Crippen molar-refractivity contribution >= 4 is 34.3 Å². The maximum atomic E-state index is 12.2. The highest BCUT2D eigenvalue weighted by Gasteiger charge is 2.18. The second-order valence-corrected chi connectivity index (χ2v) is 6.26. The highest BCUT2D eigenvalue weighted by atomic mass is 32.2. The van der Waals surface area contributed by atoms with Crippen LogP contribution in [0.2, 0.25) is 0 Å². The molecule has 4 nitrogen and oxygen atoms in total. The fraction of sp³-hybridized carbons (Fsp3) is 0.357. The molecule has 4 N–H and O–H groups in total. The highest BCUT2D eigenvalue weighted by molar-refractivity contribution is 8.00. The minimum absolute atomic E-state index is 0.0237. The van der Waals surface area contributed by atoms with E-state index in [4.69, 9.17) is 5.73 Å². The number of hydrogen-bond donors (Lipinski definition) is 3. The van der Waals surface area contributed by atoms with Crippen LogP contribution in [0.25, 0.3) is 10.9 Å². The number of carbonyl (C=O) groups is 1.